The van der Waals surface area contributed by atoms with Crippen LogP contribution in [0.1, 0.15) is 31.2 Å². The molecule has 3 rings (SSSR count). The molecule has 1 aliphatic heterocycles. The van der Waals surface area contributed by atoms with E-state index >= 15 is 0 Å². The number of ether oxygens (including phenoxy) is 1. The Morgan fingerprint density at radius 1 is 1.29 bits per heavy atom. The minimum atomic E-state index is 0.123. The Bertz CT molecular complexity index is 446. The van der Waals surface area contributed by atoms with Gasteiger partial charge in [-0.1, -0.05) is 43.0 Å². The Kier molecular flexibility index (Phi) is 2.54. The molecule has 0 aromatic heterocycles. The summed E-state index contributed by atoms with van der Waals surface area (Å²) in [7, 11) is 0. The molecule has 1 saturated heterocycles. The Morgan fingerprint density at radius 2 is 2.12 bits per heavy atom. The molecule has 0 saturated carbocycles. The summed E-state index contributed by atoms with van der Waals surface area (Å²) in [4.78, 5) is 0. The fourth-order valence-electron chi connectivity index (χ4n) is 3.16. The van der Waals surface area contributed by atoms with E-state index in [1.165, 1.54) is 24.2 Å². The zero-order valence-electron chi connectivity index (χ0n) is 10.1. The quantitative estimate of drug-likeness (QED) is 0.693. The number of rotatable bonds is 2. The predicted molar refractivity (Wildman–Crippen MR) is 69.7 cm³/mol. The van der Waals surface area contributed by atoms with Crippen LogP contribution >= 0.6 is 0 Å². The van der Waals surface area contributed by atoms with Gasteiger partial charge in [-0.05, 0) is 30.9 Å². The molecule has 1 heterocycles. The summed E-state index contributed by atoms with van der Waals surface area (Å²) in [6.07, 6.45) is 9.04. The molecule has 2 aliphatic rings. The van der Waals surface area contributed by atoms with Gasteiger partial charge in [-0.2, -0.15) is 0 Å². The van der Waals surface area contributed by atoms with Crippen molar-refractivity contribution in [2.45, 2.75) is 37.2 Å². The maximum atomic E-state index is 6.02. The molecule has 17 heavy (non-hydrogen) atoms. The molecule has 88 valence electrons. The van der Waals surface area contributed by atoms with Crippen molar-refractivity contribution in [2.75, 3.05) is 0 Å². The minimum Gasteiger partial charge on any atom is -0.490 e. The maximum absolute atomic E-state index is 6.02. The van der Waals surface area contributed by atoms with Crippen molar-refractivity contribution in [3.05, 3.63) is 60.4 Å². The van der Waals surface area contributed by atoms with Gasteiger partial charge in [0.1, 0.15) is 11.9 Å². The van der Waals surface area contributed by atoms with Crippen molar-refractivity contribution in [2.24, 2.45) is 0 Å². The van der Waals surface area contributed by atoms with Gasteiger partial charge in [0.05, 0.1) is 5.41 Å². The second kappa shape index (κ2) is 4.06. The van der Waals surface area contributed by atoms with Crippen molar-refractivity contribution in [1.29, 1.82) is 0 Å². The van der Waals surface area contributed by atoms with Gasteiger partial charge in [-0.25, -0.2) is 0 Å². The molecular weight excluding hydrogens is 208 g/mol. The first-order valence-electron chi connectivity index (χ1n) is 6.40. The van der Waals surface area contributed by atoms with Crippen molar-refractivity contribution < 1.29 is 4.74 Å². The lowest BCUT2D eigenvalue weighted by atomic mass is 9.70. The zero-order valence-corrected chi connectivity index (χ0v) is 10.1. The Balaban J connectivity index is 2.06. The van der Waals surface area contributed by atoms with Gasteiger partial charge < -0.3 is 4.74 Å². The third-order valence-corrected chi connectivity index (χ3v) is 4.03. The van der Waals surface area contributed by atoms with Gasteiger partial charge in [0, 0.05) is 6.42 Å². The number of hydrogen-bond donors (Lipinski definition) is 0. The lowest BCUT2D eigenvalue weighted by Gasteiger charge is -2.31. The summed E-state index contributed by atoms with van der Waals surface area (Å²) in [5.41, 5.74) is 1.52. The highest BCUT2D eigenvalue weighted by Crippen LogP contribution is 2.50. The van der Waals surface area contributed by atoms with Crippen LogP contribution in [0.4, 0.5) is 0 Å². The van der Waals surface area contributed by atoms with E-state index in [-0.39, 0.29) is 11.5 Å². The molecule has 0 bridgehead atoms. The standard InChI is InChI=1S/C16H18O/c1-2-14-12-16(13-8-4-3-5-9-13)11-7-6-10-15(16)17-14/h2-5,8-10,14H,1,6-7,11-12H2/t14-,16+/m1/s1. The fourth-order valence-corrected chi connectivity index (χ4v) is 3.16. The van der Waals surface area contributed by atoms with Crippen LogP contribution < -0.4 is 0 Å². The monoisotopic (exact) mass is 226 g/mol. The van der Waals surface area contributed by atoms with E-state index in [0.29, 0.717) is 0 Å². The lowest BCUT2D eigenvalue weighted by Crippen LogP contribution is -2.27. The average Bonchev–Trinajstić information content (AvgIpc) is 2.79. The van der Waals surface area contributed by atoms with Gasteiger partial charge in [-0.3, -0.25) is 0 Å². The minimum absolute atomic E-state index is 0.123. The Hall–Kier alpha value is -1.50. The van der Waals surface area contributed by atoms with Crippen molar-refractivity contribution >= 4 is 0 Å². The van der Waals surface area contributed by atoms with E-state index in [1.54, 1.807) is 0 Å². The molecule has 2 atom stereocenters. The molecule has 0 amide bonds. The van der Waals surface area contributed by atoms with E-state index in [1.807, 2.05) is 6.08 Å². The summed E-state index contributed by atoms with van der Waals surface area (Å²) in [5.74, 6) is 1.18. The molecule has 0 spiro atoms. The van der Waals surface area contributed by atoms with Crippen LogP contribution in [0.2, 0.25) is 0 Å². The van der Waals surface area contributed by atoms with Crippen LogP contribution in [0.15, 0.2) is 54.8 Å². The number of benzene rings is 1. The molecule has 1 nitrogen and oxygen atoms in total. The molecule has 1 fully saturated rings. The second-order valence-electron chi connectivity index (χ2n) is 5.00. The summed E-state index contributed by atoms with van der Waals surface area (Å²) in [6.45, 7) is 3.87. The Morgan fingerprint density at radius 3 is 2.88 bits per heavy atom. The largest absolute Gasteiger partial charge is 0.490 e. The topological polar surface area (TPSA) is 9.23 Å². The highest BCUT2D eigenvalue weighted by atomic mass is 16.5. The fraction of sp³-hybridized carbons (Fsp3) is 0.375. The van der Waals surface area contributed by atoms with E-state index in [4.69, 9.17) is 4.74 Å². The predicted octanol–water partition coefficient (Wildman–Crippen LogP) is 3.97. The maximum Gasteiger partial charge on any atom is 0.117 e. The van der Waals surface area contributed by atoms with Crippen molar-refractivity contribution in [3.63, 3.8) is 0 Å². The lowest BCUT2D eigenvalue weighted by molar-refractivity contribution is 0.195. The molecule has 1 aromatic carbocycles. The first-order valence-corrected chi connectivity index (χ1v) is 6.40. The third-order valence-electron chi connectivity index (χ3n) is 4.03. The van der Waals surface area contributed by atoms with Crippen LogP contribution in [-0.2, 0) is 10.2 Å². The number of hydrogen-bond acceptors (Lipinski definition) is 1. The van der Waals surface area contributed by atoms with Crippen LogP contribution in [-0.4, -0.2) is 6.10 Å². The van der Waals surface area contributed by atoms with Crippen LogP contribution in [0.25, 0.3) is 0 Å². The normalized spacial score (nSPS) is 31.3. The van der Waals surface area contributed by atoms with Crippen LogP contribution in [0, 0.1) is 0 Å². The van der Waals surface area contributed by atoms with Gasteiger partial charge in [0.25, 0.3) is 0 Å². The SMILES string of the molecule is C=C[C@@H]1C[C@]2(c3ccccc3)CCCC=C2O1. The third kappa shape index (κ3) is 1.61. The first-order chi connectivity index (χ1) is 8.35. The van der Waals surface area contributed by atoms with E-state index < -0.39 is 0 Å². The van der Waals surface area contributed by atoms with Gasteiger partial charge >= 0.3 is 0 Å². The number of fused-ring (bicyclic) bond motifs is 1. The molecule has 1 aromatic rings. The molecule has 1 aliphatic carbocycles. The van der Waals surface area contributed by atoms with E-state index in [9.17, 15) is 0 Å². The van der Waals surface area contributed by atoms with Gasteiger partial charge in [-0.15, -0.1) is 0 Å². The molecule has 0 N–H and O–H groups in total. The average molecular weight is 226 g/mol. The second-order valence-corrected chi connectivity index (χ2v) is 5.00. The summed E-state index contributed by atoms with van der Waals surface area (Å²) >= 11 is 0. The first kappa shape index (κ1) is 10.6. The van der Waals surface area contributed by atoms with Crippen molar-refractivity contribution in [1.82, 2.24) is 0 Å². The molecule has 1 heteroatoms. The summed E-state index contributed by atoms with van der Waals surface area (Å²) in [5, 5.41) is 0. The van der Waals surface area contributed by atoms with Crippen LogP contribution in [0.5, 0.6) is 0 Å². The van der Waals surface area contributed by atoms with E-state index in [0.717, 1.165) is 12.8 Å². The van der Waals surface area contributed by atoms with Crippen molar-refractivity contribution in [3.8, 4) is 0 Å². The van der Waals surface area contributed by atoms with Crippen LogP contribution in [0.3, 0.4) is 0 Å². The van der Waals surface area contributed by atoms with Gasteiger partial charge in [0.15, 0.2) is 0 Å². The number of allylic oxidation sites excluding steroid dienone is 2. The smallest absolute Gasteiger partial charge is 0.117 e. The highest BCUT2D eigenvalue weighted by molar-refractivity contribution is 5.38. The highest BCUT2D eigenvalue weighted by Gasteiger charge is 2.46. The summed E-state index contributed by atoms with van der Waals surface area (Å²) < 4.78 is 6.02. The van der Waals surface area contributed by atoms with Gasteiger partial charge in [0.2, 0.25) is 0 Å². The zero-order chi connectivity index (χ0) is 11.7. The van der Waals surface area contributed by atoms with E-state index in [2.05, 4.69) is 43.0 Å². The Labute approximate surface area is 103 Å². The molecule has 0 unspecified atom stereocenters. The molecule has 0 radical (unpaired) electrons. The summed E-state index contributed by atoms with van der Waals surface area (Å²) in [6, 6.07) is 10.8. The molecular formula is C16H18O.